The zero-order chi connectivity index (χ0) is 19.1. The molecule has 0 aliphatic carbocycles. The van der Waals surface area contributed by atoms with Crippen LogP contribution in [0, 0.1) is 6.92 Å². The first-order valence-electron chi connectivity index (χ1n) is 9.37. The highest BCUT2D eigenvalue weighted by atomic mass is 32.1. The van der Waals surface area contributed by atoms with Gasteiger partial charge in [0.25, 0.3) is 0 Å². The first-order valence-corrected chi connectivity index (χ1v) is 10.2. The molecule has 1 unspecified atom stereocenters. The first kappa shape index (κ1) is 19.8. The molecule has 1 fully saturated rings. The average molecular weight is 388 g/mol. The van der Waals surface area contributed by atoms with Crippen LogP contribution < -0.4 is 5.32 Å². The Morgan fingerprint density at radius 1 is 1.33 bits per heavy atom. The SMILES string of the molecule is CN=C(NCC(c1ccccc1)N1CCOCC1)N(C)Cc1csc(C)n1. The zero-order valence-electron chi connectivity index (χ0n) is 16.4. The summed E-state index contributed by atoms with van der Waals surface area (Å²) in [6.45, 7) is 7.08. The van der Waals surface area contributed by atoms with Gasteiger partial charge in [-0.25, -0.2) is 4.98 Å². The molecule has 0 spiro atoms. The molecule has 1 aliphatic rings. The molecular formula is C20H29N5OS. The molecule has 1 saturated heterocycles. The summed E-state index contributed by atoms with van der Waals surface area (Å²) in [4.78, 5) is 13.6. The number of hydrogen-bond donors (Lipinski definition) is 1. The molecule has 27 heavy (non-hydrogen) atoms. The van der Waals surface area contributed by atoms with E-state index < -0.39 is 0 Å². The second-order valence-corrected chi connectivity index (χ2v) is 7.78. The highest BCUT2D eigenvalue weighted by molar-refractivity contribution is 7.09. The number of aliphatic imine (C=N–C) groups is 1. The zero-order valence-corrected chi connectivity index (χ0v) is 17.2. The van der Waals surface area contributed by atoms with E-state index >= 15 is 0 Å². The molecule has 3 rings (SSSR count). The normalized spacial score (nSPS) is 16.9. The fourth-order valence-corrected chi connectivity index (χ4v) is 4.00. The van der Waals surface area contributed by atoms with Gasteiger partial charge in [-0.3, -0.25) is 9.89 Å². The number of morpholine rings is 1. The Morgan fingerprint density at radius 3 is 2.70 bits per heavy atom. The summed E-state index contributed by atoms with van der Waals surface area (Å²) in [6.07, 6.45) is 0. The number of ether oxygens (including phenoxy) is 1. The number of hydrogen-bond acceptors (Lipinski definition) is 5. The highest BCUT2D eigenvalue weighted by Gasteiger charge is 2.23. The standard InChI is InChI=1S/C20H29N5OS/c1-16-23-18(15-27-16)14-24(3)20(21-2)22-13-19(17-7-5-4-6-8-17)25-9-11-26-12-10-25/h4-8,15,19H,9-14H2,1-3H3,(H,21,22). The Balaban J connectivity index is 1.65. The third-order valence-electron chi connectivity index (χ3n) is 4.76. The predicted octanol–water partition coefficient (Wildman–Crippen LogP) is 2.53. The van der Waals surface area contributed by atoms with Gasteiger partial charge in [0.05, 0.1) is 36.5 Å². The van der Waals surface area contributed by atoms with E-state index in [1.807, 2.05) is 14.0 Å². The Morgan fingerprint density at radius 2 is 2.07 bits per heavy atom. The Labute approximate surface area is 165 Å². The van der Waals surface area contributed by atoms with Gasteiger partial charge in [0.2, 0.25) is 0 Å². The molecule has 0 amide bonds. The monoisotopic (exact) mass is 387 g/mol. The van der Waals surface area contributed by atoms with Crippen LogP contribution in [0.5, 0.6) is 0 Å². The predicted molar refractivity (Wildman–Crippen MR) is 111 cm³/mol. The van der Waals surface area contributed by atoms with Crippen LogP contribution in [0.15, 0.2) is 40.7 Å². The van der Waals surface area contributed by atoms with Crippen molar-refractivity contribution in [3.63, 3.8) is 0 Å². The van der Waals surface area contributed by atoms with Crippen LogP contribution >= 0.6 is 11.3 Å². The molecule has 0 saturated carbocycles. The number of benzene rings is 1. The molecular weight excluding hydrogens is 358 g/mol. The number of aryl methyl sites for hydroxylation is 1. The summed E-state index contributed by atoms with van der Waals surface area (Å²) in [5, 5.41) is 6.77. The number of thiazole rings is 1. The van der Waals surface area contributed by atoms with E-state index in [0.717, 1.165) is 56.1 Å². The van der Waals surface area contributed by atoms with E-state index in [9.17, 15) is 0 Å². The van der Waals surface area contributed by atoms with Gasteiger partial charge in [-0.05, 0) is 12.5 Å². The minimum atomic E-state index is 0.293. The van der Waals surface area contributed by atoms with Crippen LogP contribution in [0.25, 0.3) is 0 Å². The minimum absolute atomic E-state index is 0.293. The van der Waals surface area contributed by atoms with Crippen LogP contribution in [0.4, 0.5) is 0 Å². The van der Waals surface area contributed by atoms with Crippen molar-refractivity contribution in [1.29, 1.82) is 0 Å². The van der Waals surface area contributed by atoms with Gasteiger partial charge in [0.1, 0.15) is 0 Å². The van der Waals surface area contributed by atoms with E-state index in [1.54, 1.807) is 11.3 Å². The fourth-order valence-electron chi connectivity index (χ4n) is 3.39. The maximum Gasteiger partial charge on any atom is 0.193 e. The van der Waals surface area contributed by atoms with E-state index in [-0.39, 0.29) is 0 Å². The quantitative estimate of drug-likeness (QED) is 0.610. The second-order valence-electron chi connectivity index (χ2n) is 6.72. The third kappa shape index (κ3) is 5.51. The van der Waals surface area contributed by atoms with Crippen molar-refractivity contribution in [3.05, 3.63) is 52.0 Å². The summed E-state index contributed by atoms with van der Waals surface area (Å²) in [5.41, 5.74) is 2.40. The molecule has 146 valence electrons. The number of aromatic nitrogens is 1. The molecule has 2 aromatic rings. The smallest absolute Gasteiger partial charge is 0.193 e. The van der Waals surface area contributed by atoms with Gasteiger partial charge >= 0.3 is 0 Å². The number of rotatable bonds is 6. The molecule has 0 bridgehead atoms. The summed E-state index contributed by atoms with van der Waals surface area (Å²) in [6, 6.07) is 11.0. The van der Waals surface area contributed by atoms with Gasteiger partial charge in [-0.15, -0.1) is 11.3 Å². The van der Waals surface area contributed by atoms with Crippen LogP contribution in [0.1, 0.15) is 22.3 Å². The van der Waals surface area contributed by atoms with Gasteiger partial charge in [0, 0.05) is 39.1 Å². The number of nitrogens with one attached hydrogen (secondary N) is 1. The van der Waals surface area contributed by atoms with Crippen molar-refractivity contribution in [2.24, 2.45) is 4.99 Å². The fraction of sp³-hybridized carbons (Fsp3) is 0.500. The number of nitrogens with zero attached hydrogens (tertiary/aromatic N) is 4. The third-order valence-corrected chi connectivity index (χ3v) is 5.59. The van der Waals surface area contributed by atoms with Gasteiger partial charge in [-0.1, -0.05) is 30.3 Å². The van der Waals surface area contributed by atoms with E-state index in [4.69, 9.17) is 4.74 Å². The van der Waals surface area contributed by atoms with Crippen LogP contribution in [0.2, 0.25) is 0 Å². The topological polar surface area (TPSA) is 53.0 Å². The van der Waals surface area contributed by atoms with Crippen molar-refractivity contribution < 1.29 is 4.74 Å². The molecule has 1 atom stereocenters. The molecule has 2 heterocycles. The first-order chi connectivity index (χ1) is 13.2. The average Bonchev–Trinajstić information content (AvgIpc) is 3.11. The lowest BCUT2D eigenvalue weighted by atomic mass is 10.0. The molecule has 1 N–H and O–H groups in total. The van der Waals surface area contributed by atoms with Crippen molar-refractivity contribution >= 4 is 17.3 Å². The van der Waals surface area contributed by atoms with E-state index in [1.165, 1.54) is 5.56 Å². The van der Waals surface area contributed by atoms with Crippen molar-refractivity contribution in [3.8, 4) is 0 Å². The molecule has 1 aliphatic heterocycles. The van der Waals surface area contributed by atoms with Crippen molar-refractivity contribution in [2.75, 3.05) is 46.9 Å². The van der Waals surface area contributed by atoms with Crippen molar-refractivity contribution in [1.82, 2.24) is 20.1 Å². The van der Waals surface area contributed by atoms with Crippen LogP contribution in [-0.4, -0.2) is 67.7 Å². The summed E-state index contributed by atoms with van der Waals surface area (Å²) < 4.78 is 5.54. The molecule has 6 nitrogen and oxygen atoms in total. The molecule has 1 aromatic heterocycles. The lowest BCUT2D eigenvalue weighted by Gasteiger charge is -2.35. The van der Waals surface area contributed by atoms with Gasteiger partial charge in [-0.2, -0.15) is 0 Å². The van der Waals surface area contributed by atoms with Crippen LogP contribution in [0.3, 0.4) is 0 Å². The Bertz CT molecular complexity index is 727. The highest BCUT2D eigenvalue weighted by Crippen LogP contribution is 2.21. The summed E-state index contributed by atoms with van der Waals surface area (Å²) in [7, 11) is 3.88. The van der Waals surface area contributed by atoms with E-state index in [2.05, 4.69) is 67.9 Å². The van der Waals surface area contributed by atoms with Gasteiger partial charge < -0.3 is 15.0 Å². The van der Waals surface area contributed by atoms with Gasteiger partial charge in [0.15, 0.2) is 5.96 Å². The minimum Gasteiger partial charge on any atom is -0.379 e. The Hall–Kier alpha value is -1.96. The Kier molecular flexibility index (Phi) is 7.20. The maximum atomic E-state index is 5.54. The molecule has 0 radical (unpaired) electrons. The summed E-state index contributed by atoms with van der Waals surface area (Å²) >= 11 is 1.68. The molecule has 1 aromatic carbocycles. The second kappa shape index (κ2) is 9.82. The van der Waals surface area contributed by atoms with E-state index in [0.29, 0.717) is 6.04 Å². The largest absolute Gasteiger partial charge is 0.379 e. The van der Waals surface area contributed by atoms with Crippen LogP contribution in [-0.2, 0) is 11.3 Å². The number of guanidine groups is 1. The lowest BCUT2D eigenvalue weighted by molar-refractivity contribution is 0.0169. The maximum absolute atomic E-state index is 5.54. The summed E-state index contributed by atoms with van der Waals surface area (Å²) in [5.74, 6) is 0.884. The van der Waals surface area contributed by atoms with Crippen molar-refractivity contribution in [2.45, 2.75) is 19.5 Å². The molecule has 7 heteroatoms. The lowest BCUT2D eigenvalue weighted by Crippen LogP contribution is -2.46.